The van der Waals surface area contributed by atoms with E-state index in [9.17, 15) is 4.79 Å². The molecule has 0 radical (unpaired) electrons. The molecule has 0 fully saturated rings. The van der Waals surface area contributed by atoms with E-state index < -0.39 is 0 Å². The fourth-order valence-electron chi connectivity index (χ4n) is 2.16. The lowest BCUT2D eigenvalue weighted by Crippen LogP contribution is -2.28. The third-order valence-electron chi connectivity index (χ3n) is 3.30. The number of amides is 1. The average molecular weight is 330 g/mol. The number of aromatic nitrogens is 2. The van der Waals surface area contributed by atoms with Crippen molar-refractivity contribution in [2.75, 3.05) is 6.61 Å². The fraction of sp³-hybridized carbons (Fsp3) is 0.176. The Morgan fingerprint density at radius 2 is 2.00 bits per heavy atom. The maximum Gasteiger partial charge on any atom is 0.258 e. The highest BCUT2D eigenvalue weighted by Crippen LogP contribution is 2.15. The summed E-state index contributed by atoms with van der Waals surface area (Å²) >= 11 is 5.79. The zero-order valence-corrected chi connectivity index (χ0v) is 13.4. The zero-order valence-electron chi connectivity index (χ0n) is 12.6. The van der Waals surface area contributed by atoms with E-state index in [1.165, 1.54) is 0 Å². The molecule has 3 aromatic rings. The van der Waals surface area contributed by atoms with Crippen LogP contribution in [0.3, 0.4) is 0 Å². The van der Waals surface area contributed by atoms with E-state index in [0.717, 1.165) is 16.9 Å². The number of carbonyl (C=O) groups is 1. The minimum Gasteiger partial charge on any atom is -0.484 e. The van der Waals surface area contributed by atoms with E-state index in [-0.39, 0.29) is 12.5 Å². The van der Waals surface area contributed by atoms with Gasteiger partial charge in [0.1, 0.15) is 11.4 Å². The SMILES string of the molecule is Cc1ccc2nc(CNC(=O)COc3ccc(Cl)cc3)cn2c1. The van der Waals surface area contributed by atoms with Crippen molar-refractivity contribution >= 4 is 23.2 Å². The number of rotatable bonds is 5. The van der Waals surface area contributed by atoms with Crippen LogP contribution >= 0.6 is 11.6 Å². The van der Waals surface area contributed by atoms with Crippen LogP contribution in [0.15, 0.2) is 48.8 Å². The van der Waals surface area contributed by atoms with E-state index in [2.05, 4.69) is 10.3 Å². The van der Waals surface area contributed by atoms with Gasteiger partial charge in [-0.15, -0.1) is 0 Å². The number of halogens is 1. The van der Waals surface area contributed by atoms with Crippen LogP contribution in [0.4, 0.5) is 0 Å². The molecule has 0 bridgehead atoms. The van der Waals surface area contributed by atoms with Crippen LogP contribution in [0.25, 0.3) is 5.65 Å². The topological polar surface area (TPSA) is 55.6 Å². The van der Waals surface area contributed by atoms with Crippen molar-refractivity contribution in [2.45, 2.75) is 13.5 Å². The summed E-state index contributed by atoms with van der Waals surface area (Å²) in [6.07, 6.45) is 3.90. The standard InChI is InChI=1S/C17H16ClN3O2/c1-12-2-7-16-20-14(10-21(16)9-12)8-19-17(22)11-23-15-5-3-13(18)4-6-15/h2-7,9-10H,8,11H2,1H3,(H,19,22). The van der Waals surface area contributed by atoms with Crippen molar-refractivity contribution in [3.63, 3.8) is 0 Å². The number of carbonyl (C=O) groups excluding carboxylic acids is 1. The Balaban J connectivity index is 1.52. The summed E-state index contributed by atoms with van der Waals surface area (Å²) in [5, 5.41) is 3.42. The van der Waals surface area contributed by atoms with E-state index in [4.69, 9.17) is 16.3 Å². The van der Waals surface area contributed by atoms with Gasteiger partial charge in [-0.05, 0) is 42.8 Å². The van der Waals surface area contributed by atoms with Crippen molar-refractivity contribution in [3.05, 3.63) is 65.1 Å². The summed E-state index contributed by atoms with van der Waals surface area (Å²) in [6.45, 7) is 2.34. The first-order valence-electron chi connectivity index (χ1n) is 7.19. The normalized spacial score (nSPS) is 10.7. The first-order valence-corrected chi connectivity index (χ1v) is 7.57. The fourth-order valence-corrected chi connectivity index (χ4v) is 2.29. The largest absolute Gasteiger partial charge is 0.484 e. The lowest BCUT2D eigenvalue weighted by Gasteiger charge is -2.06. The highest BCUT2D eigenvalue weighted by Gasteiger charge is 2.06. The molecule has 0 atom stereocenters. The Morgan fingerprint density at radius 1 is 1.22 bits per heavy atom. The molecule has 0 spiro atoms. The molecule has 6 heteroatoms. The number of hydrogen-bond donors (Lipinski definition) is 1. The number of benzene rings is 1. The van der Waals surface area contributed by atoms with Gasteiger partial charge in [-0.2, -0.15) is 0 Å². The van der Waals surface area contributed by atoms with Gasteiger partial charge in [-0.3, -0.25) is 4.79 Å². The molecule has 2 heterocycles. The maximum absolute atomic E-state index is 11.8. The van der Waals surface area contributed by atoms with Crippen molar-refractivity contribution in [3.8, 4) is 5.75 Å². The predicted octanol–water partition coefficient (Wildman–Crippen LogP) is 2.99. The average Bonchev–Trinajstić information content (AvgIpc) is 2.94. The highest BCUT2D eigenvalue weighted by molar-refractivity contribution is 6.30. The second-order valence-corrected chi connectivity index (χ2v) is 5.66. The van der Waals surface area contributed by atoms with Gasteiger partial charge in [0.15, 0.2) is 6.61 Å². The molecule has 1 amide bonds. The van der Waals surface area contributed by atoms with Gasteiger partial charge in [-0.25, -0.2) is 4.98 Å². The molecular weight excluding hydrogens is 314 g/mol. The number of pyridine rings is 1. The van der Waals surface area contributed by atoms with Gasteiger partial charge in [0.2, 0.25) is 0 Å². The van der Waals surface area contributed by atoms with Gasteiger partial charge < -0.3 is 14.5 Å². The zero-order chi connectivity index (χ0) is 16.2. The number of nitrogens with one attached hydrogen (secondary N) is 1. The summed E-state index contributed by atoms with van der Waals surface area (Å²) in [5.41, 5.74) is 2.81. The minimum atomic E-state index is -0.201. The molecule has 3 rings (SSSR count). The number of nitrogens with zero attached hydrogens (tertiary/aromatic N) is 2. The molecule has 0 unspecified atom stereocenters. The molecular formula is C17H16ClN3O2. The lowest BCUT2D eigenvalue weighted by molar-refractivity contribution is -0.123. The molecule has 1 N–H and O–H groups in total. The third-order valence-corrected chi connectivity index (χ3v) is 3.55. The van der Waals surface area contributed by atoms with E-state index in [1.54, 1.807) is 24.3 Å². The van der Waals surface area contributed by atoms with Crippen LogP contribution in [0.2, 0.25) is 5.02 Å². The van der Waals surface area contributed by atoms with Crippen molar-refractivity contribution < 1.29 is 9.53 Å². The van der Waals surface area contributed by atoms with Gasteiger partial charge in [0.25, 0.3) is 5.91 Å². The molecule has 0 saturated heterocycles. The predicted molar refractivity (Wildman–Crippen MR) is 88.7 cm³/mol. The summed E-state index contributed by atoms with van der Waals surface area (Å²) in [6, 6.07) is 10.8. The van der Waals surface area contributed by atoms with E-state index >= 15 is 0 Å². The molecule has 0 saturated carbocycles. The lowest BCUT2D eigenvalue weighted by atomic mass is 10.3. The Kier molecular flexibility index (Phi) is 4.48. The number of hydrogen-bond acceptors (Lipinski definition) is 3. The molecule has 23 heavy (non-hydrogen) atoms. The number of imidazole rings is 1. The highest BCUT2D eigenvalue weighted by atomic mass is 35.5. The smallest absolute Gasteiger partial charge is 0.258 e. The maximum atomic E-state index is 11.8. The van der Waals surface area contributed by atoms with Gasteiger partial charge in [-0.1, -0.05) is 17.7 Å². The molecule has 0 aliphatic rings. The quantitative estimate of drug-likeness (QED) is 0.783. The Labute approximate surface area is 138 Å². The van der Waals surface area contributed by atoms with Crippen LogP contribution in [-0.4, -0.2) is 21.9 Å². The number of fused-ring (bicyclic) bond motifs is 1. The Morgan fingerprint density at radius 3 is 2.78 bits per heavy atom. The van der Waals surface area contributed by atoms with E-state index in [0.29, 0.717) is 17.3 Å². The van der Waals surface area contributed by atoms with Crippen LogP contribution < -0.4 is 10.1 Å². The van der Waals surface area contributed by atoms with E-state index in [1.807, 2.05) is 35.9 Å². The number of ether oxygens (including phenoxy) is 1. The monoisotopic (exact) mass is 329 g/mol. The summed E-state index contributed by atoms with van der Waals surface area (Å²) in [4.78, 5) is 16.3. The summed E-state index contributed by atoms with van der Waals surface area (Å²) in [5.74, 6) is 0.404. The molecule has 5 nitrogen and oxygen atoms in total. The van der Waals surface area contributed by atoms with Crippen LogP contribution in [-0.2, 0) is 11.3 Å². The second kappa shape index (κ2) is 6.71. The van der Waals surface area contributed by atoms with Gasteiger partial charge in [0, 0.05) is 17.4 Å². The molecule has 0 aliphatic heterocycles. The molecule has 2 aromatic heterocycles. The van der Waals surface area contributed by atoms with Crippen LogP contribution in [0.5, 0.6) is 5.75 Å². The second-order valence-electron chi connectivity index (χ2n) is 5.22. The molecule has 0 aliphatic carbocycles. The Bertz CT molecular complexity index is 827. The molecule has 1 aromatic carbocycles. The minimum absolute atomic E-state index is 0.0475. The Hall–Kier alpha value is -2.53. The third kappa shape index (κ3) is 4.02. The van der Waals surface area contributed by atoms with Crippen molar-refractivity contribution in [1.82, 2.24) is 14.7 Å². The number of aryl methyl sites for hydroxylation is 1. The first kappa shape index (κ1) is 15.4. The van der Waals surface area contributed by atoms with Crippen LogP contribution in [0, 0.1) is 6.92 Å². The van der Waals surface area contributed by atoms with Gasteiger partial charge in [0.05, 0.1) is 12.2 Å². The van der Waals surface area contributed by atoms with Crippen molar-refractivity contribution in [2.24, 2.45) is 0 Å². The molecule has 118 valence electrons. The van der Waals surface area contributed by atoms with Gasteiger partial charge >= 0.3 is 0 Å². The summed E-state index contributed by atoms with van der Waals surface area (Å²) < 4.78 is 7.34. The van der Waals surface area contributed by atoms with Crippen LogP contribution in [0.1, 0.15) is 11.3 Å². The first-order chi connectivity index (χ1) is 11.1. The van der Waals surface area contributed by atoms with Crippen molar-refractivity contribution in [1.29, 1.82) is 0 Å². The summed E-state index contributed by atoms with van der Waals surface area (Å²) in [7, 11) is 0.